The quantitative estimate of drug-likeness (QED) is 0.361. The van der Waals surface area contributed by atoms with Crippen molar-refractivity contribution in [1.82, 2.24) is 24.7 Å². The Balaban J connectivity index is 1.75. The fourth-order valence-corrected chi connectivity index (χ4v) is 6.74. The zero-order valence-electron chi connectivity index (χ0n) is 23.5. The largest absolute Gasteiger partial charge is 0.416 e. The number of fused-ring (bicyclic) bond motifs is 1. The summed E-state index contributed by atoms with van der Waals surface area (Å²) in [7, 11) is -0.303. The van der Waals surface area contributed by atoms with Crippen molar-refractivity contribution >= 4 is 49.8 Å². The van der Waals surface area contributed by atoms with Crippen LogP contribution in [-0.4, -0.2) is 79.2 Å². The zero-order valence-corrected chi connectivity index (χ0v) is 25.8. The number of aromatic nitrogens is 2. The monoisotopic (exact) mass is 663 g/mol. The highest BCUT2D eigenvalue weighted by atomic mass is 35.5. The average Bonchev–Trinajstić information content (AvgIpc) is 3.33. The predicted octanol–water partition coefficient (Wildman–Crippen LogP) is 3.11. The van der Waals surface area contributed by atoms with Crippen LogP contribution in [0.4, 0.5) is 13.2 Å². The van der Waals surface area contributed by atoms with Crippen LogP contribution in [0, 0.1) is 0 Å². The van der Waals surface area contributed by atoms with Crippen molar-refractivity contribution in [3.8, 4) is 0 Å². The molecule has 16 heteroatoms. The van der Waals surface area contributed by atoms with Gasteiger partial charge in [0.1, 0.15) is 0 Å². The van der Waals surface area contributed by atoms with Gasteiger partial charge in [-0.2, -0.15) is 13.2 Å². The van der Waals surface area contributed by atoms with Gasteiger partial charge >= 0.3 is 11.9 Å². The van der Waals surface area contributed by atoms with E-state index in [2.05, 4.69) is 10.3 Å². The van der Waals surface area contributed by atoms with Crippen molar-refractivity contribution in [3.63, 3.8) is 0 Å². The first-order valence-corrected chi connectivity index (χ1v) is 15.7. The average molecular weight is 665 g/mol. The molecule has 2 aromatic carbocycles. The summed E-state index contributed by atoms with van der Waals surface area (Å²) in [5, 5.41) is 2.09. The van der Waals surface area contributed by atoms with Crippen LogP contribution in [0.2, 0.25) is 10.0 Å². The molecule has 234 valence electrons. The zero-order chi connectivity index (χ0) is 31.9. The van der Waals surface area contributed by atoms with Crippen LogP contribution < -0.4 is 16.6 Å². The third-order valence-electron chi connectivity index (χ3n) is 7.17. The van der Waals surface area contributed by atoms with Gasteiger partial charge < -0.3 is 15.2 Å². The lowest BCUT2D eigenvalue weighted by Gasteiger charge is -2.22. The Morgan fingerprint density at radius 3 is 2.49 bits per heavy atom. The third-order valence-corrected chi connectivity index (χ3v) is 9.65. The van der Waals surface area contributed by atoms with E-state index in [1.54, 1.807) is 23.9 Å². The molecule has 1 saturated heterocycles. The Morgan fingerprint density at radius 2 is 1.86 bits per heavy atom. The van der Waals surface area contributed by atoms with E-state index in [4.69, 9.17) is 23.2 Å². The van der Waals surface area contributed by atoms with Crippen LogP contribution in [0.1, 0.15) is 30.0 Å². The summed E-state index contributed by atoms with van der Waals surface area (Å²) in [6.07, 6.45) is -4.37. The highest BCUT2D eigenvalue weighted by Gasteiger charge is 2.37. The number of alkyl halides is 3. The van der Waals surface area contributed by atoms with Crippen LogP contribution in [0.15, 0.2) is 38.8 Å². The van der Waals surface area contributed by atoms with Gasteiger partial charge in [-0.3, -0.25) is 19.1 Å². The first-order chi connectivity index (χ1) is 20.0. The van der Waals surface area contributed by atoms with E-state index in [0.29, 0.717) is 23.6 Å². The SMILES string of the molecule is CCS(=O)(=O)c1ccc(Cl)cc1Cn1c(=O)[nH]c2c(Cl)c(CN3CCC(NC(=O)CN(C)C)C3)c(C(F)(F)F)cc2c1=O. The van der Waals surface area contributed by atoms with Crippen molar-refractivity contribution in [2.45, 2.75) is 43.5 Å². The molecule has 43 heavy (non-hydrogen) atoms. The first-order valence-electron chi connectivity index (χ1n) is 13.2. The van der Waals surface area contributed by atoms with Gasteiger partial charge in [-0.05, 0) is 55.9 Å². The van der Waals surface area contributed by atoms with E-state index >= 15 is 0 Å². The number of amides is 1. The second-order valence-electron chi connectivity index (χ2n) is 10.6. The number of carbonyl (C=O) groups is 1. The van der Waals surface area contributed by atoms with Crippen molar-refractivity contribution in [3.05, 3.63) is 71.8 Å². The minimum absolute atomic E-state index is 0.0290. The van der Waals surface area contributed by atoms with Crippen molar-refractivity contribution in [2.75, 3.05) is 39.5 Å². The number of H-pyrrole nitrogens is 1. The van der Waals surface area contributed by atoms with E-state index in [-0.39, 0.29) is 63.9 Å². The lowest BCUT2D eigenvalue weighted by atomic mass is 10.0. The van der Waals surface area contributed by atoms with E-state index < -0.39 is 49.8 Å². The summed E-state index contributed by atoms with van der Waals surface area (Å²) in [5.41, 5.74) is -3.77. The van der Waals surface area contributed by atoms with Crippen LogP contribution in [0.5, 0.6) is 0 Å². The first kappa shape index (κ1) is 33.0. The highest BCUT2D eigenvalue weighted by molar-refractivity contribution is 7.91. The number of halogens is 5. The van der Waals surface area contributed by atoms with Crippen molar-refractivity contribution in [1.29, 1.82) is 0 Å². The topological polar surface area (TPSA) is 125 Å². The fourth-order valence-electron chi connectivity index (χ4n) is 5.12. The maximum atomic E-state index is 14.3. The lowest BCUT2D eigenvalue weighted by Crippen LogP contribution is -2.41. The normalized spacial score (nSPS) is 16.3. The number of hydrogen-bond acceptors (Lipinski definition) is 7. The number of likely N-dealkylation sites (tertiary alicyclic amines) is 1. The molecule has 10 nitrogen and oxygen atoms in total. The van der Waals surface area contributed by atoms with Gasteiger partial charge in [0.05, 0.1) is 45.2 Å². The second-order valence-corrected chi connectivity index (χ2v) is 13.7. The molecule has 3 aromatic rings. The van der Waals surface area contributed by atoms with Crippen LogP contribution >= 0.6 is 23.2 Å². The number of likely N-dealkylation sites (N-methyl/N-ethyl adjacent to an activating group) is 1. The minimum Gasteiger partial charge on any atom is -0.351 e. The smallest absolute Gasteiger partial charge is 0.351 e. The Morgan fingerprint density at radius 1 is 1.16 bits per heavy atom. The van der Waals surface area contributed by atoms with E-state index in [0.717, 1.165) is 0 Å². The van der Waals surface area contributed by atoms with Gasteiger partial charge in [0.15, 0.2) is 9.84 Å². The molecule has 1 aliphatic heterocycles. The molecule has 4 rings (SSSR count). The summed E-state index contributed by atoms with van der Waals surface area (Å²) < 4.78 is 68.8. The predicted molar refractivity (Wildman–Crippen MR) is 158 cm³/mol. The Hall–Kier alpha value is -2.91. The maximum absolute atomic E-state index is 14.3. The molecule has 0 radical (unpaired) electrons. The molecule has 2 heterocycles. The number of nitrogens with one attached hydrogen (secondary N) is 2. The van der Waals surface area contributed by atoms with E-state index in [1.807, 2.05) is 0 Å². The molecule has 1 unspecified atom stereocenters. The van der Waals surface area contributed by atoms with Gasteiger partial charge in [-0.25, -0.2) is 13.2 Å². The molecule has 1 aromatic heterocycles. The molecule has 0 bridgehead atoms. The molecule has 1 aliphatic rings. The van der Waals surface area contributed by atoms with Crippen molar-refractivity contribution in [2.24, 2.45) is 0 Å². The Labute approximate surface area is 255 Å². The van der Waals surface area contributed by atoms with Crippen LogP contribution in [0.25, 0.3) is 10.9 Å². The lowest BCUT2D eigenvalue weighted by molar-refractivity contribution is -0.138. The van der Waals surface area contributed by atoms with Crippen LogP contribution in [0.3, 0.4) is 0 Å². The highest BCUT2D eigenvalue weighted by Crippen LogP contribution is 2.39. The summed E-state index contributed by atoms with van der Waals surface area (Å²) in [5.74, 6) is -0.472. The summed E-state index contributed by atoms with van der Waals surface area (Å²) >= 11 is 12.5. The maximum Gasteiger partial charge on any atom is 0.416 e. The second kappa shape index (κ2) is 12.6. The standard InChI is InChI=1S/C27H30Cl2F3N5O5S/c1-4-43(41,42)21-6-5-16(28)9-15(21)11-37-25(39)18-10-20(27(30,31)32)19(23(29)24(18)34-26(37)40)13-36-8-7-17(12-36)33-22(38)14-35(2)3/h5-6,9-10,17H,4,7-8,11-14H2,1-3H3,(H,33,38)(H,34,40). The third kappa shape index (κ3) is 7.26. The van der Waals surface area contributed by atoms with Gasteiger partial charge in [0.2, 0.25) is 5.91 Å². The Bertz CT molecular complexity index is 1790. The number of nitrogens with zero attached hydrogens (tertiary/aromatic N) is 3. The molecule has 2 N–H and O–H groups in total. The van der Waals surface area contributed by atoms with E-state index in [1.165, 1.54) is 25.1 Å². The molecule has 1 fully saturated rings. The van der Waals surface area contributed by atoms with E-state index in [9.17, 15) is 36.0 Å². The van der Waals surface area contributed by atoms with Crippen molar-refractivity contribution < 1.29 is 26.4 Å². The minimum atomic E-state index is -4.89. The number of sulfone groups is 1. The number of benzene rings is 2. The number of aromatic amines is 1. The van der Waals surface area contributed by atoms with Gasteiger partial charge in [0.25, 0.3) is 5.56 Å². The molecule has 0 saturated carbocycles. The number of hydrogen-bond donors (Lipinski definition) is 2. The molecule has 1 amide bonds. The Kier molecular flexibility index (Phi) is 9.67. The molecule has 0 aliphatic carbocycles. The molecule has 1 atom stereocenters. The van der Waals surface area contributed by atoms with Gasteiger partial charge in [0, 0.05) is 30.7 Å². The van der Waals surface area contributed by atoms with Gasteiger partial charge in [-0.15, -0.1) is 0 Å². The fraction of sp³-hybridized carbons (Fsp3) is 0.444. The number of carbonyl (C=O) groups excluding carboxylic acids is 1. The van der Waals surface area contributed by atoms with Gasteiger partial charge in [-0.1, -0.05) is 30.1 Å². The molecular formula is C27H30Cl2F3N5O5S. The molecule has 0 spiro atoms. The van der Waals surface area contributed by atoms with Crippen LogP contribution in [-0.2, 0) is 33.9 Å². The summed E-state index contributed by atoms with van der Waals surface area (Å²) in [6.45, 7) is 1.46. The molecular weight excluding hydrogens is 634 g/mol. The summed E-state index contributed by atoms with van der Waals surface area (Å²) in [6, 6.07) is 4.26. The summed E-state index contributed by atoms with van der Waals surface area (Å²) in [4.78, 5) is 44.3. The number of rotatable bonds is 9.